The first-order chi connectivity index (χ1) is 8.64. The van der Waals surface area contributed by atoms with Gasteiger partial charge >= 0.3 is 0 Å². The second-order valence-corrected chi connectivity index (χ2v) is 4.84. The van der Waals surface area contributed by atoms with Crippen molar-refractivity contribution in [1.82, 2.24) is 0 Å². The Labute approximate surface area is 106 Å². The maximum atomic E-state index is 14.1. The summed E-state index contributed by atoms with van der Waals surface area (Å²) in [6.07, 6.45) is 3.46. The van der Waals surface area contributed by atoms with Gasteiger partial charge in [-0.3, -0.25) is 4.79 Å². The first-order valence-corrected chi connectivity index (χ1v) is 6.22. The van der Waals surface area contributed by atoms with Crippen LogP contribution in [0.2, 0.25) is 0 Å². The minimum Gasteiger partial charge on any atom is -0.494 e. The summed E-state index contributed by atoms with van der Waals surface area (Å²) in [7, 11) is 1.39. The smallest absolute Gasteiger partial charge is 0.175 e. The van der Waals surface area contributed by atoms with E-state index < -0.39 is 11.2 Å². The van der Waals surface area contributed by atoms with Gasteiger partial charge in [0.05, 0.1) is 12.7 Å². The Morgan fingerprint density at radius 3 is 2.67 bits per heavy atom. The van der Waals surface area contributed by atoms with Crippen LogP contribution in [0.25, 0.3) is 0 Å². The largest absolute Gasteiger partial charge is 0.494 e. The summed E-state index contributed by atoms with van der Waals surface area (Å²) in [5, 5.41) is 0. The molecule has 0 aliphatic heterocycles. The number of hydrogen-bond acceptors (Lipinski definition) is 3. The molecule has 0 radical (unpaired) electrons. The van der Waals surface area contributed by atoms with Crippen molar-refractivity contribution in [3.8, 4) is 5.75 Å². The van der Waals surface area contributed by atoms with E-state index in [1.807, 2.05) is 0 Å². The van der Waals surface area contributed by atoms with Gasteiger partial charge in [0.25, 0.3) is 0 Å². The number of rotatable bonds is 4. The first-order valence-electron chi connectivity index (χ1n) is 6.22. The predicted octanol–water partition coefficient (Wildman–Crippen LogP) is 2.54. The molecule has 1 fully saturated rings. The Kier molecular flexibility index (Phi) is 3.66. The number of carbonyl (C=O) groups excluding carboxylic acids is 1. The highest BCUT2D eigenvalue weighted by Gasteiger charge is 2.41. The number of benzene rings is 1. The molecule has 0 heterocycles. The molecule has 2 N–H and O–H groups in total. The lowest BCUT2D eigenvalue weighted by atomic mass is 9.78. The number of ether oxygens (including phenoxy) is 1. The molecule has 0 bridgehead atoms. The first kappa shape index (κ1) is 13.0. The highest BCUT2D eigenvalue weighted by molar-refractivity contribution is 6.01. The highest BCUT2D eigenvalue weighted by atomic mass is 19.1. The van der Waals surface area contributed by atoms with E-state index >= 15 is 0 Å². The van der Waals surface area contributed by atoms with E-state index in [9.17, 15) is 9.18 Å². The van der Waals surface area contributed by atoms with Crippen molar-refractivity contribution in [3.05, 3.63) is 29.6 Å². The van der Waals surface area contributed by atoms with Gasteiger partial charge in [-0.05, 0) is 25.0 Å². The number of nitrogens with two attached hydrogens (primary N) is 1. The van der Waals surface area contributed by atoms with Crippen LogP contribution in [-0.4, -0.2) is 19.4 Å². The summed E-state index contributed by atoms with van der Waals surface area (Å²) < 4.78 is 19.0. The van der Waals surface area contributed by atoms with Crippen LogP contribution in [0.5, 0.6) is 5.75 Å². The lowest BCUT2D eigenvalue weighted by molar-refractivity contribution is 0.0804. The van der Waals surface area contributed by atoms with Gasteiger partial charge in [-0.2, -0.15) is 0 Å². The van der Waals surface area contributed by atoms with Crippen molar-refractivity contribution in [2.75, 3.05) is 13.7 Å². The van der Waals surface area contributed by atoms with Crippen molar-refractivity contribution in [1.29, 1.82) is 0 Å². The second kappa shape index (κ2) is 5.06. The van der Waals surface area contributed by atoms with E-state index in [-0.39, 0.29) is 23.6 Å². The van der Waals surface area contributed by atoms with Crippen LogP contribution in [0.1, 0.15) is 36.0 Å². The summed E-state index contributed by atoms with van der Waals surface area (Å²) in [6.45, 7) is 0.280. The Balaban J connectivity index is 2.39. The molecule has 3 nitrogen and oxygen atoms in total. The highest BCUT2D eigenvalue weighted by Crippen LogP contribution is 2.40. The van der Waals surface area contributed by atoms with Gasteiger partial charge in [-0.25, -0.2) is 4.39 Å². The Morgan fingerprint density at radius 1 is 1.44 bits per heavy atom. The van der Waals surface area contributed by atoms with Gasteiger partial charge in [0, 0.05) is 12.0 Å². The summed E-state index contributed by atoms with van der Waals surface area (Å²) in [5.41, 5.74) is 5.28. The standard InChI is InChI=1S/C14H18FNO2/c1-18-11-6-4-5-10(12(11)15)13(17)14(9-16)7-2-3-8-14/h4-6H,2-3,7-9,16H2,1H3. The van der Waals surface area contributed by atoms with E-state index in [1.165, 1.54) is 19.2 Å². The monoisotopic (exact) mass is 251 g/mol. The minimum atomic E-state index is -0.579. The molecule has 0 saturated heterocycles. The number of halogens is 1. The fourth-order valence-corrected chi connectivity index (χ4v) is 2.71. The fourth-order valence-electron chi connectivity index (χ4n) is 2.71. The normalized spacial score (nSPS) is 17.7. The number of ketones is 1. The SMILES string of the molecule is COc1cccc(C(=O)C2(CN)CCCC2)c1F. The van der Waals surface area contributed by atoms with Crippen LogP contribution in [0, 0.1) is 11.2 Å². The van der Waals surface area contributed by atoms with E-state index in [2.05, 4.69) is 0 Å². The zero-order valence-corrected chi connectivity index (χ0v) is 10.5. The Bertz CT molecular complexity index is 453. The van der Waals surface area contributed by atoms with Crippen molar-refractivity contribution < 1.29 is 13.9 Å². The van der Waals surface area contributed by atoms with E-state index in [1.54, 1.807) is 6.07 Å². The molecule has 18 heavy (non-hydrogen) atoms. The Morgan fingerprint density at radius 2 is 2.11 bits per heavy atom. The predicted molar refractivity (Wildman–Crippen MR) is 67.2 cm³/mol. The van der Waals surface area contributed by atoms with Crippen LogP contribution >= 0.6 is 0 Å². The van der Waals surface area contributed by atoms with Crippen LogP contribution in [-0.2, 0) is 0 Å². The number of hydrogen-bond donors (Lipinski definition) is 1. The molecule has 1 aromatic rings. The summed E-state index contributed by atoms with van der Waals surface area (Å²) in [4.78, 5) is 12.5. The summed E-state index contributed by atoms with van der Waals surface area (Å²) >= 11 is 0. The topological polar surface area (TPSA) is 52.3 Å². The average Bonchev–Trinajstić information content (AvgIpc) is 2.88. The molecule has 1 aliphatic carbocycles. The lowest BCUT2D eigenvalue weighted by Crippen LogP contribution is -2.36. The third-order valence-corrected chi connectivity index (χ3v) is 3.86. The third kappa shape index (κ3) is 2.01. The summed E-state index contributed by atoms with van der Waals surface area (Å²) in [5.74, 6) is -0.658. The molecule has 1 aliphatic rings. The quantitative estimate of drug-likeness (QED) is 0.837. The molecule has 1 saturated carbocycles. The molecular weight excluding hydrogens is 233 g/mol. The number of Topliss-reactive ketones (excluding diaryl/α,β-unsaturated/α-hetero) is 1. The van der Waals surface area contributed by atoms with E-state index in [0.29, 0.717) is 0 Å². The molecule has 0 unspecified atom stereocenters. The fraction of sp³-hybridized carbons (Fsp3) is 0.500. The van der Waals surface area contributed by atoms with Crippen LogP contribution in [0.15, 0.2) is 18.2 Å². The number of carbonyl (C=O) groups is 1. The molecule has 0 atom stereocenters. The molecule has 4 heteroatoms. The Hall–Kier alpha value is -1.42. The van der Waals surface area contributed by atoms with Gasteiger partial charge < -0.3 is 10.5 Å². The maximum Gasteiger partial charge on any atom is 0.175 e. The van der Waals surface area contributed by atoms with Gasteiger partial charge in [-0.15, -0.1) is 0 Å². The number of methoxy groups -OCH3 is 1. The van der Waals surface area contributed by atoms with Crippen molar-refractivity contribution in [2.45, 2.75) is 25.7 Å². The molecular formula is C14H18FNO2. The van der Waals surface area contributed by atoms with E-state index in [0.717, 1.165) is 25.7 Å². The van der Waals surface area contributed by atoms with Crippen LogP contribution in [0.4, 0.5) is 4.39 Å². The molecule has 0 spiro atoms. The van der Waals surface area contributed by atoms with Crippen LogP contribution in [0.3, 0.4) is 0 Å². The van der Waals surface area contributed by atoms with Crippen molar-refractivity contribution in [2.24, 2.45) is 11.1 Å². The average molecular weight is 251 g/mol. The molecule has 0 aromatic heterocycles. The zero-order chi connectivity index (χ0) is 13.2. The second-order valence-electron chi connectivity index (χ2n) is 4.84. The van der Waals surface area contributed by atoms with E-state index in [4.69, 9.17) is 10.5 Å². The maximum absolute atomic E-state index is 14.1. The van der Waals surface area contributed by atoms with Crippen LogP contribution < -0.4 is 10.5 Å². The van der Waals surface area contributed by atoms with Gasteiger partial charge in [-0.1, -0.05) is 18.9 Å². The van der Waals surface area contributed by atoms with Gasteiger partial charge in [0.2, 0.25) is 0 Å². The zero-order valence-electron chi connectivity index (χ0n) is 10.5. The van der Waals surface area contributed by atoms with Crippen molar-refractivity contribution in [3.63, 3.8) is 0 Å². The van der Waals surface area contributed by atoms with Gasteiger partial charge in [0.15, 0.2) is 17.3 Å². The molecule has 2 rings (SSSR count). The molecule has 1 aromatic carbocycles. The minimum absolute atomic E-state index is 0.0988. The molecule has 0 amide bonds. The third-order valence-electron chi connectivity index (χ3n) is 3.86. The van der Waals surface area contributed by atoms with Crippen molar-refractivity contribution >= 4 is 5.78 Å². The van der Waals surface area contributed by atoms with Gasteiger partial charge in [0.1, 0.15) is 0 Å². The summed E-state index contributed by atoms with van der Waals surface area (Å²) in [6, 6.07) is 4.65. The lowest BCUT2D eigenvalue weighted by Gasteiger charge is -2.25. The molecule has 98 valence electrons.